The first-order valence-corrected chi connectivity index (χ1v) is 6.26. The zero-order valence-electron chi connectivity index (χ0n) is 10.3. The van der Waals surface area contributed by atoms with Gasteiger partial charge < -0.3 is 20.1 Å². The van der Waals surface area contributed by atoms with Crippen molar-refractivity contribution in [2.75, 3.05) is 19.8 Å². The number of aliphatic hydroxyl groups excluding tert-OH is 3. The first kappa shape index (κ1) is 16.4. The van der Waals surface area contributed by atoms with Crippen LogP contribution in [0.5, 0.6) is 0 Å². The number of hydrogen-bond donors (Lipinski definition) is 3. The first-order valence-electron chi connectivity index (χ1n) is 6.26. The molecule has 0 aromatic heterocycles. The molecular formula is C12H24O5. The molecule has 0 aliphatic rings. The third kappa shape index (κ3) is 11.6. The van der Waals surface area contributed by atoms with Gasteiger partial charge in [0.1, 0.15) is 12.7 Å². The quantitative estimate of drug-likeness (QED) is 0.368. The normalized spacial score (nSPS) is 12.4. The van der Waals surface area contributed by atoms with E-state index in [1.54, 1.807) is 0 Å². The zero-order chi connectivity index (χ0) is 12.9. The van der Waals surface area contributed by atoms with Crippen molar-refractivity contribution in [1.29, 1.82) is 0 Å². The van der Waals surface area contributed by atoms with Gasteiger partial charge >= 0.3 is 5.97 Å². The van der Waals surface area contributed by atoms with Crippen molar-refractivity contribution in [2.24, 2.45) is 0 Å². The minimum Gasteiger partial charge on any atom is -0.463 e. The molecule has 0 amide bonds. The lowest BCUT2D eigenvalue weighted by atomic mass is 10.1. The van der Waals surface area contributed by atoms with E-state index in [-0.39, 0.29) is 19.2 Å². The maximum absolute atomic E-state index is 11.2. The van der Waals surface area contributed by atoms with Crippen LogP contribution >= 0.6 is 0 Å². The van der Waals surface area contributed by atoms with Crippen LogP contribution in [0.15, 0.2) is 0 Å². The van der Waals surface area contributed by atoms with Crippen LogP contribution < -0.4 is 0 Å². The van der Waals surface area contributed by atoms with E-state index in [0.29, 0.717) is 6.42 Å². The van der Waals surface area contributed by atoms with Crippen molar-refractivity contribution in [3.63, 3.8) is 0 Å². The van der Waals surface area contributed by atoms with E-state index in [4.69, 9.17) is 20.1 Å². The van der Waals surface area contributed by atoms with Crippen LogP contribution in [-0.2, 0) is 9.53 Å². The summed E-state index contributed by atoms with van der Waals surface area (Å²) < 4.78 is 4.76. The Kier molecular flexibility index (Phi) is 11.4. The van der Waals surface area contributed by atoms with Gasteiger partial charge in [0, 0.05) is 13.0 Å². The van der Waals surface area contributed by atoms with Gasteiger partial charge in [-0.15, -0.1) is 0 Å². The van der Waals surface area contributed by atoms with Crippen molar-refractivity contribution < 1.29 is 24.9 Å². The highest BCUT2D eigenvalue weighted by Crippen LogP contribution is 2.07. The number of esters is 1. The van der Waals surface area contributed by atoms with Gasteiger partial charge in [0.2, 0.25) is 0 Å². The molecule has 1 atom stereocenters. The molecule has 0 rings (SSSR count). The molecule has 0 unspecified atom stereocenters. The van der Waals surface area contributed by atoms with Crippen molar-refractivity contribution in [3.8, 4) is 0 Å². The van der Waals surface area contributed by atoms with Crippen LogP contribution in [0.1, 0.15) is 44.9 Å². The minimum absolute atomic E-state index is 0.133. The molecule has 0 aliphatic heterocycles. The summed E-state index contributed by atoms with van der Waals surface area (Å²) in [5.41, 5.74) is 0. The Bertz CT molecular complexity index is 184. The van der Waals surface area contributed by atoms with Crippen molar-refractivity contribution in [1.82, 2.24) is 0 Å². The Morgan fingerprint density at radius 2 is 1.59 bits per heavy atom. The topological polar surface area (TPSA) is 87.0 Å². The number of carbonyl (C=O) groups is 1. The number of ether oxygens (including phenoxy) is 1. The van der Waals surface area contributed by atoms with Crippen LogP contribution in [0, 0.1) is 0 Å². The van der Waals surface area contributed by atoms with Crippen LogP contribution in [0.4, 0.5) is 0 Å². The molecule has 0 spiro atoms. The average Bonchev–Trinajstić information content (AvgIpc) is 2.34. The van der Waals surface area contributed by atoms with Crippen LogP contribution in [0.2, 0.25) is 0 Å². The maximum Gasteiger partial charge on any atom is 0.305 e. The smallest absolute Gasteiger partial charge is 0.305 e. The fourth-order valence-corrected chi connectivity index (χ4v) is 1.40. The second kappa shape index (κ2) is 11.8. The van der Waals surface area contributed by atoms with Gasteiger partial charge in [-0.25, -0.2) is 0 Å². The van der Waals surface area contributed by atoms with Gasteiger partial charge in [-0.2, -0.15) is 0 Å². The summed E-state index contributed by atoms with van der Waals surface area (Å²) in [4.78, 5) is 11.2. The molecule has 5 heteroatoms. The second-order valence-electron chi connectivity index (χ2n) is 4.11. The lowest BCUT2D eigenvalue weighted by Crippen LogP contribution is -2.21. The predicted octanol–water partition coefficient (Wildman–Crippen LogP) is 0.606. The van der Waals surface area contributed by atoms with Gasteiger partial charge in [0.15, 0.2) is 0 Å². The molecule has 0 fully saturated rings. The highest BCUT2D eigenvalue weighted by atomic mass is 16.5. The Labute approximate surface area is 102 Å². The third-order valence-electron chi connectivity index (χ3n) is 2.44. The molecule has 0 saturated carbocycles. The summed E-state index contributed by atoms with van der Waals surface area (Å²) in [5, 5.41) is 26.0. The molecule has 17 heavy (non-hydrogen) atoms. The minimum atomic E-state index is -0.975. The van der Waals surface area contributed by atoms with Crippen molar-refractivity contribution >= 4 is 5.97 Å². The molecule has 0 bridgehead atoms. The van der Waals surface area contributed by atoms with Gasteiger partial charge in [-0.05, 0) is 12.8 Å². The van der Waals surface area contributed by atoms with Crippen LogP contribution in [0.25, 0.3) is 0 Å². The molecule has 0 aliphatic carbocycles. The second-order valence-corrected chi connectivity index (χ2v) is 4.11. The predicted molar refractivity (Wildman–Crippen MR) is 63.5 cm³/mol. The van der Waals surface area contributed by atoms with E-state index in [1.807, 2.05) is 0 Å². The number of unbranched alkanes of at least 4 members (excludes halogenated alkanes) is 5. The molecule has 0 aromatic carbocycles. The van der Waals surface area contributed by atoms with E-state index in [9.17, 15) is 4.79 Å². The SMILES string of the molecule is O=C(CCCCCCCCO)OC[C@H](O)CO. The van der Waals surface area contributed by atoms with Crippen molar-refractivity contribution in [2.45, 2.75) is 51.0 Å². The summed E-state index contributed by atoms with van der Waals surface area (Å²) >= 11 is 0. The van der Waals surface area contributed by atoms with Crippen LogP contribution in [-0.4, -0.2) is 47.2 Å². The number of aliphatic hydroxyl groups is 3. The van der Waals surface area contributed by atoms with Gasteiger partial charge in [-0.1, -0.05) is 25.7 Å². The standard InChI is InChI=1S/C12H24O5/c13-8-6-4-2-1-3-5-7-12(16)17-10-11(15)9-14/h11,13-15H,1-10H2/t11-/m1/s1. The largest absolute Gasteiger partial charge is 0.463 e. The fourth-order valence-electron chi connectivity index (χ4n) is 1.40. The molecule has 0 radical (unpaired) electrons. The van der Waals surface area contributed by atoms with E-state index < -0.39 is 12.7 Å². The molecule has 0 heterocycles. The lowest BCUT2D eigenvalue weighted by molar-refractivity contribution is -0.147. The number of rotatable bonds is 11. The number of hydrogen-bond acceptors (Lipinski definition) is 5. The third-order valence-corrected chi connectivity index (χ3v) is 2.44. The lowest BCUT2D eigenvalue weighted by Gasteiger charge is -2.08. The molecule has 0 aromatic rings. The molecule has 0 saturated heterocycles. The fraction of sp³-hybridized carbons (Fsp3) is 0.917. The summed E-state index contributed by atoms with van der Waals surface area (Å²) in [6.45, 7) is -0.274. The highest BCUT2D eigenvalue weighted by molar-refractivity contribution is 5.69. The zero-order valence-corrected chi connectivity index (χ0v) is 10.3. The van der Waals surface area contributed by atoms with Gasteiger partial charge in [-0.3, -0.25) is 4.79 Å². The molecule has 3 N–H and O–H groups in total. The van der Waals surface area contributed by atoms with E-state index >= 15 is 0 Å². The van der Waals surface area contributed by atoms with E-state index in [2.05, 4.69) is 0 Å². The average molecular weight is 248 g/mol. The summed E-state index contributed by atoms with van der Waals surface area (Å²) in [6.07, 6.45) is 5.17. The summed E-state index contributed by atoms with van der Waals surface area (Å²) in [5.74, 6) is -0.326. The Morgan fingerprint density at radius 3 is 2.18 bits per heavy atom. The Hall–Kier alpha value is -0.650. The van der Waals surface area contributed by atoms with Crippen molar-refractivity contribution in [3.05, 3.63) is 0 Å². The monoisotopic (exact) mass is 248 g/mol. The van der Waals surface area contributed by atoms with E-state index in [1.165, 1.54) is 0 Å². The molecular weight excluding hydrogens is 224 g/mol. The Balaban J connectivity index is 3.22. The summed E-state index contributed by atoms with van der Waals surface area (Å²) in [7, 11) is 0. The first-order chi connectivity index (χ1) is 8.20. The Morgan fingerprint density at radius 1 is 1.00 bits per heavy atom. The summed E-state index contributed by atoms with van der Waals surface area (Å²) in [6, 6.07) is 0. The van der Waals surface area contributed by atoms with Crippen LogP contribution in [0.3, 0.4) is 0 Å². The molecule has 5 nitrogen and oxygen atoms in total. The maximum atomic E-state index is 11.2. The van der Waals surface area contributed by atoms with Gasteiger partial charge in [0.25, 0.3) is 0 Å². The number of carbonyl (C=O) groups excluding carboxylic acids is 1. The highest BCUT2D eigenvalue weighted by Gasteiger charge is 2.07. The van der Waals surface area contributed by atoms with Gasteiger partial charge in [0.05, 0.1) is 6.61 Å². The molecule has 102 valence electrons. The van der Waals surface area contributed by atoms with E-state index in [0.717, 1.165) is 38.5 Å².